The lowest BCUT2D eigenvalue weighted by Gasteiger charge is -2.34. The van der Waals surface area contributed by atoms with Crippen LogP contribution < -0.4 is 15.5 Å². The van der Waals surface area contributed by atoms with Gasteiger partial charge in [0.2, 0.25) is 10.1 Å². The van der Waals surface area contributed by atoms with Crippen molar-refractivity contribution in [3.8, 4) is 11.3 Å². The molecule has 0 atom stereocenters. The van der Waals surface area contributed by atoms with E-state index in [4.69, 9.17) is 10.1 Å². The number of nitrogens with zero attached hydrogens (tertiary/aromatic N) is 5. The van der Waals surface area contributed by atoms with E-state index in [2.05, 4.69) is 50.2 Å². The molecule has 4 rings (SSSR count). The summed E-state index contributed by atoms with van der Waals surface area (Å²) < 4.78 is 15.7. The molecule has 0 bridgehead atoms. The van der Waals surface area contributed by atoms with E-state index in [1.807, 2.05) is 15.5 Å². The number of fused-ring (bicyclic) bond motifs is 1. The molecule has 184 valence electrons. The van der Waals surface area contributed by atoms with Gasteiger partial charge in [-0.2, -0.15) is 4.52 Å². The zero-order valence-corrected chi connectivity index (χ0v) is 21.4. The molecule has 8 nitrogen and oxygen atoms in total. The maximum atomic E-state index is 13.9. The van der Waals surface area contributed by atoms with Crippen LogP contribution in [0.4, 0.5) is 20.1 Å². The molecule has 1 aromatic carbocycles. The van der Waals surface area contributed by atoms with Crippen LogP contribution in [0.25, 0.3) is 16.2 Å². The van der Waals surface area contributed by atoms with Gasteiger partial charge in [0, 0.05) is 43.8 Å². The summed E-state index contributed by atoms with van der Waals surface area (Å²) in [5.74, 6) is 1.02. The highest BCUT2D eigenvalue weighted by atomic mass is 32.1. The van der Waals surface area contributed by atoms with Gasteiger partial charge in [0.05, 0.1) is 0 Å². The van der Waals surface area contributed by atoms with E-state index < -0.39 is 0 Å². The van der Waals surface area contributed by atoms with Gasteiger partial charge < -0.3 is 20.4 Å². The number of aromatic nitrogens is 3. The van der Waals surface area contributed by atoms with Gasteiger partial charge in [-0.1, -0.05) is 37.3 Å². The fourth-order valence-electron chi connectivity index (χ4n) is 3.85. The van der Waals surface area contributed by atoms with Gasteiger partial charge in [-0.05, 0) is 45.2 Å². The van der Waals surface area contributed by atoms with Crippen molar-refractivity contribution in [2.75, 3.05) is 42.9 Å². The Morgan fingerprint density at radius 2 is 1.94 bits per heavy atom. The van der Waals surface area contributed by atoms with Gasteiger partial charge in [-0.3, -0.25) is 0 Å². The van der Waals surface area contributed by atoms with Crippen molar-refractivity contribution in [2.24, 2.45) is 5.92 Å². The Bertz CT molecular complexity index is 1140. The van der Waals surface area contributed by atoms with Gasteiger partial charge in [0.25, 0.3) is 0 Å². The second kappa shape index (κ2) is 9.77. The monoisotopic (exact) mass is 487 g/mol. The molecule has 1 saturated heterocycles. The second-order valence-electron chi connectivity index (χ2n) is 10.2. The molecule has 2 N–H and O–H groups in total. The van der Waals surface area contributed by atoms with Gasteiger partial charge in [-0.25, -0.2) is 14.2 Å². The lowest BCUT2D eigenvalue weighted by Crippen LogP contribution is -2.52. The molecular weight excluding hydrogens is 453 g/mol. The third-order valence-electron chi connectivity index (χ3n) is 5.62. The molecule has 1 aliphatic rings. The number of benzene rings is 1. The van der Waals surface area contributed by atoms with Crippen LogP contribution in [0, 0.1) is 11.7 Å². The Balaban J connectivity index is 1.51. The van der Waals surface area contributed by atoms with Gasteiger partial charge in [0.1, 0.15) is 11.5 Å². The number of amides is 2. The Kier molecular flexibility index (Phi) is 6.97. The van der Waals surface area contributed by atoms with Crippen molar-refractivity contribution in [3.63, 3.8) is 0 Å². The van der Waals surface area contributed by atoms with Gasteiger partial charge >= 0.3 is 6.03 Å². The molecule has 2 aromatic heterocycles. The highest BCUT2D eigenvalue weighted by Crippen LogP contribution is 2.35. The fraction of sp³-hybridized carbons (Fsp3) is 0.542. The van der Waals surface area contributed by atoms with E-state index in [0.717, 1.165) is 22.3 Å². The van der Waals surface area contributed by atoms with Crippen molar-refractivity contribution >= 4 is 33.3 Å². The maximum absolute atomic E-state index is 13.9. The molecule has 0 saturated carbocycles. The van der Waals surface area contributed by atoms with Crippen molar-refractivity contribution in [3.05, 3.63) is 30.1 Å². The number of carbonyl (C=O) groups is 1. The third kappa shape index (κ3) is 5.60. The van der Waals surface area contributed by atoms with Crippen LogP contribution in [0.3, 0.4) is 0 Å². The first-order chi connectivity index (χ1) is 16.1. The first kappa shape index (κ1) is 24.3. The Morgan fingerprint density at radius 3 is 2.59 bits per heavy atom. The zero-order chi connectivity index (χ0) is 24.5. The largest absolute Gasteiger partial charge is 0.364 e. The summed E-state index contributed by atoms with van der Waals surface area (Å²) in [5.41, 5.74) is 1.17. The van der Waals surface area contributed by atoms with Crippen molar-refractivity contribution in [1.82, 2.24) is 24.8 Å². The minimum absolute atomic E-state index is 0.00522. The summed E-state index contributed by atoms with van der Waals surface area (Å²) in [6.45, 7) is 14.0. The average Bonchev–Trinajstić information content (AvgIpc) is 3.32. The zero-order valence-electron chi connectivity index (χ0n) is 20.6. The minimum atomic E-state index is -0.296. The summed E-state index contributed by atoms with van der Waals surface area (Å²) in [6.07, 6.45) is 0.979. The molecule has 34 heavy (non-hydrogen) atoms. The first-order valence-corrected chi connectivity index (χ1v) is 12.6. The summed E-state index contributed by atoms with van der Waals surface area (Å²) in [5, 5.41) is 12.2. The number of hydrogen-bond donors (Lipinski definition) is 2. The van der Waals surface area contributed by atoms with E-state index >= 15 is 0 Å². The number of rotatable bonds is 6. The van der Waals surface area contributed by atoms with E-state index in [1.165, 1.54) is 23.5 Å². The SMILES string of the molecule is CC(C)CCNC(=O)N1CCN(c2nn3c(NC(C)(C)C)c(-c4cccc(F)c4)nc3s2)CC1. The predicted molar refractivity (Wildman–Crippen MR) is 136 cm³/mol. The summed E-state index contributed by atoms with van der Waals surface area (Å²) in [6, 6.07) is 6.48. The molecule has 10 heteroatoms. The highest BCUT2D eigenvalue weighted by Gasteiger charge is 2.26. The minimum Gasteiger partial charge on any atom is -0.364 e. The van der Waals surface area contributed by atoms with Crippen LogP contribution in [0.2, 0.25) is 0 Å². The third-order valence-corrected chi connectivity index (χ3v) is 6.59. The standard InChI is InChI=1S/C24H34FN7OS/c1-16(2)9-10-26-21(33)30-11-13-31(14-12-30)23-29-32-20(28-24(3,4)5)19(27-22(32)34-23)17-7-6-8-18(25)15-17/h6-8,15-16,28H,9-14H2,1-5H3,(H,26,33). The van der Waals surface area contributed by atoms with E-state index in [0.29, 0.717) is 49.9 Å². The first-order valence-electron chi connectivity index (χ1n) is 11.8. The molecule has 2 amide bonds. The number of halogens is 1. The van der Waals surface area contributed by atoms with Crippen LogP contribution in [0.5, 0.6) is 0 Å². The topological polar surface area (TPSA) is 77.8 Å². The second-order valence-corrected chi connectivity index (χ2v) is 11.1. The molecule has 0 radical (unpaired) electrons. The molecule has 3 heterocycles. The lowest BCUT2D eigenvalue weighted by atomic mass is 10.1. The number of piperazine rings is 1. The van der Waals surface area contributed by atoms with Crippen LogP contribution >= 0.6 is 11.3 Å². The number of urea groups is 1. The molecule has 0 unspecified atom stereocenters. The van der Waals surface area contributed by atoms with E-state index in [9.17, 15) is 9.18 Å². The summed E-state index contributed by atoms with van der Waals surface area (Å²) in [7, 11) is 0. The van der Waals surface area contributed by atoms with Crippen molar-refractivity contribution in [2.45, 2.75) is 46.6 Å². The van der Waals surface area contributed by atoms with E-state index in [-0.39, 0.29) is 17.4 Å². The summed E-state index contributed by atoms with van der Waals surface area (Å²) in [4.78, 5) is 22.0. The highest BCUT2D eigenvalue weighted by molar-refractivity contribution is 7.20. The Labute approximate surface area is 204 Å². The molecule has 3 aromatic rings. The van der Waals surface area contributed by atoms with Gasteiger partial charge in [0.15, 0.2) is 5.82 Å². The van der Waals surface area contributed by atoms with Crippen LogP contribution in [0.15, 0.2) is 24.3 Å². The predicted octanol–water partition coefficient (Wildman–Crippen LogP) is 4.69. The lowest BCUT2D eigenvalue weighted by molar-refractivity contribution is 0.194. The van der Waals surface area contributed by atoms with Crippen molar-refractivity contribution in [1.29, 1.82) is 0 Å². The van der Waals surface area contributed by atoms with Gasteiger partial charge in [-0.15, -0.1) is 5.10 Å². The molecule has 1 fully saturated rings. The quantitative estimate of drug-likeness (QED) is 0.528. The van der Waals surface area contributed by atoms with Crippen LogP contribution in [0.1, 0.15) is 41.0 Å². The van der Waals surface area contributed by atoms with Crippen LogP contribution in [-0.2, 0) is 0 Å². The molecule has 0 aliphatic carbocycles. The number of carbonyl (C=O) groups excluding carboxylic acids is 1. The number of nitrogens with one attached hydrogen (secondary N) is 2. The molecule has 1 aliphatic heterocycles. The number of imidazole rings is 1. The number of anilines is 2. The number of hydrogen-bond acceptors (Lipinski definition) is 6. The Morgan fingerprint density at radius 1 is 1.21 bits per heavy atom. The van der Waals surface area contributed by atoms with E-state index in [1.54, 1.807) is 6.07 Å². The molecular formula is C24H34FN7OS. The average molecular weight is 488 g/mol. The Hall–Kier alpha value is -2.88. The normalized spacial score (nSPS) is 14.8. The fourth-order valence-corrected chi connectivity index (χ4v) is 4.80. The smallest absolute Gasteiger partial charge is 0.317 e. The maximum Gasteiger partial charge on any atom is 0.317 e. The molecule has 0 spiro atoms. The summed E-state index contributed by atoms with van der Waals surface area (Å²) >= 11 is 1.50. The van der Waals surface area contributed by atoms with Crippen LogP contribution in [-0.4, -0.2) is 63.8 Å². The van der Waals surface area contributed by atoms with Crippen molar-refractivity contribution < 1.29 is 9.18 Å².